The summed E-state index contributed by atoms with van der Waals surface area (Å²) in [7, 11) is 0. The molecule has 0 amide bonds. The van der Waals surface area contributed by atoms with Gasteiger partial charge in [0.2, 0.25) is 0 Å². The van der Waals surface area contributed by atoms with Crippen LogP contribution in [-0.2, 0) is 5.41 Å². The van der Waals surface area contributed by atoms with Crippen molar-refractivity contribution < 1.29 is 4.74 Å². The van der Waals surface area contributed by atoms with E-state index in [-0.39, 0.29) is 0 Å². The third-order valence-electron chi connectivity index (χ3n) is 11.8. The fourth-order valence-electron chi connectivity index (χ4n) is 9.61. The highest BCUT2D eigenvalue weighted by atomic mass is 16.5. The van der Waals surface area contributed by atoms with Crippen LogP contribution < -0.4 is 14.5 Å². The van der Waals surface area contributed by atoms with Crippen molar-refractivity contribution in [1.29, 1.82) is 0 Å². The minimum Gasteiger partial charge on any atom is -0.455 e. The Labute approximate surface area is 313 Å². The molecule has 252 valence electrons. The van der Waals surface area contributed by atoms with E-state index in [1.54, 1.807) is 0 Å². The fraction of sp³-hybridized carbons (Fsp3) is 0.0196. The van der Waals surface area contributed by atoms with Crippen molar-refractivity contribution in [3.63, 3.8) is 0 Å². The summed E-state index contributed by atoms with van der Waals surface area (Å²) >= 11 is 0. The van der Waals surface area contributed by atoms with Crippen molar-refractivity contribution in [1.82, 2.24) is 0 Å². The summed E-state index contributed by atoms with van der Waals surface area (Å²) < 4.78 is 7.20. The molecule has 0 unspecified atom stereocenters. The zero-order valence-electron chi connectivity index (χ0n) is 29.3. The number of anilines is 6. The lowest BCUT2D eigenvalue weighted by atomic mass is 9.65. The molecular formula is C51H32N2O. The molecule has 9 aromatic rings. The Hall–Kier alpha value is -7.10. The van der Waals surface area contributed by atoms with Crippen LogP contribution in [0.3, 0.4) is 0 Å². The van der Waals surface area contributed by atoms with Crippen molar-refractivity contribution in [3.05, 3.63) is 216 Å². The first-order valence-corrected chi connectivity index (χ1v) is 18.6. The second-order valence-corrected chi connectivity index (χ2v) is 14.4. The lowest BCUT2D eigenvalue weighted by molar-refractivity contribution is 0.447. The van der Waals surface area contributed by atoms with Gasteiger partial charge in [-0.3, -0.25) is 0 Å². The maximum atomic E-state index is 7.20. The van der Waals surface area contributed by atoms with Crippen LogP contribution in [0.4, 0.5) is 34.1 Å². The van der Waals surface area contributed by atoms with Crippen LogP contribution in [0.2, 0.25) is 0 Å². The molecule has 1 aliphatic carbocycles. The van der Waals surface area contributed by atoms with E-state index in [9.17, 15) is 0 Å². The molecule has 0 N–H and O–H groups in total. The van der Waals surface area contributed by atoms with Gasteiger partial charge in [0.15, 0.2) is 0 Å². The number of benzene rings is 9. The van der Waals surface area contributed by atoms with Gasteiger partial charge in [-0.2, -0.15) is 0 Å². The van der Waals surface area contributed by atoms with Crippen molar-refractivity contribution in [2.75, 3.05) is 9.80 Å². The van der Waals surface area contributed by atoms with Gasteiger partial charge < -0.3 is 14.5 Å². The molecule has 2 aliphatic heterocycles. The van der Waals surface area contributed by atoms with Crippen molar-refractivity contribution in [3.8, 4) is 22.6 Å². The minimum absolute atomic E-state index is 0.621. The monoisotopic (exact) mass is 688 g/mol. The number of hydrogen-bond donors (Lipinski definition) is 0. The van der Waals surface area contributed by atoms with Crippen LogP contribution in [0.25, 0.3) is 32.7 Å². The van der Waals surface area contributed by atoms with Crippen LogP contribution in [0.5, 0.6) is 11.5 Å². The predicted molar refractivity (Wildman–Crippen MR) is 222 cm³/mol. The number of fused-ring (bicyclic) bond motifs is 15. The van der Waals surface area contributed by atoms with Gasteiger partial charge in [-0.1, -0.05) is 146 Å². The first-order chi connectivity index (χ1) is 26.8. The minimum atomic E-state index is -0.621. The predicted octanol–water partition coefficient (Wildman–Crippen LogP) is 13.7. The highest BCUT2D eigenvalue weighted by Crippen LogP contribution is 2.65. The summed E-state index contributed by atoms with van der Waals surface area (Å²) in [5, 5.41) is 4.57. The molecule has 12 rings (SSSR count). The summed E-state index contributed by atoms with van der Waals surface area (Å²) in [5.41, 5.74) is 13.6. The lowest BCUT2D eigenvalue weighted by Crippen LogP contribution is -2.32. The molecule has 3 heteroatoms. The molecule has 3 nitrogen and oxygen atoms in total. The molecule has 0 bridgehead atoms. The van der Waals surface area contributed by atoms with Gasteiger partial charge in [0, 0.05) is 33.3 Å². The number of nitrogens with zero attached hydrogens (tertiary/aromatic N) is 2. The quantitative estimate of drug-likeness (QED) is 0.180. The maximum absolute atomic E-state index is 7.20. The SMILES string of the molecule is c1ccc(N2c3ccccc3N(c3ccc4c(c3)C3(c5ccccc5-4)c4ccc5ccccc5c4Oc4c3ccc3ccccc43)c3ccccc32)cc1. The Morgan fingerprint density at radius 1 is 0.333 bits per heavy atom. The van der Waals surface area contributed by atoms with Gasteiger partial charge in [0.25, 0.3) is 0 Å². The summed E-state index contributed by atoms with van der Waals surface area (Å²) in [6.07, 6.45) is 0. The third kappa shape index (κ3) is 3.80. The van der Waals surface area contributed by atoms with E-state index in [2.05, 4.69) is 204 Å². The molecule has 0 fully saturated rings. The summed E-state index contributed by atoms with van der Waals surface area (Å²) in [6.45, 7) is 0. The normalized spacial score (nSPS) is 14.1. The molecule has 1 spiro atoms. The Bertz CT molecular complexity index is 2870. The van der Waals surface area contributed by atoms with E-state index < -0.39 is 5.41 Å². The van der Waals surface area contributed by atoms with E-state index in [4.69, 9.17) is 4.74 Å². The standard InChI is InChI=1S/C51H32N2O/c1-2-16-35(17-3-1)52-45-22-10-12-24-47(45)53(48-25-13-11-23-46(48)52)36-28-29-40-39-20-8-9-21-41(39)51(44(40)32-36)42-30-26-33-14-4-6-18-37(33)49(42)54-50-38-19-7-5-15-34(38)27-31-43(50)51/h1-32H. The Morgan fingerprint density at radius 3 is 1.43 bits per heavy atom. The lowest BCUT2D eigenvalue weighted by Gasteiger charge is -2.42. The van der Waals surface area contributed by atoms with Gasteiger partial charge in [-0.05, 0) is 81.6 Å². The van der Waals surface area contributed by atoms with E-state index in [1.165, 1.54) is 44.2 Å². The van der Waals surface area contributed by atoms with Gasteiger partial charge in [-0.15, -0.1) is 0 Å². The Balaban J connectivity index is 1.18. The Morgan fingerprint density at radius 2 is 0.815 bits per heavy atom. The molecule has 3 aliphatic rings. The third-order valence-corrected chi connectivity index (χ3v) is 11.8. The van der Waals surface area contributed by atoms with Crippen molar-refractivity contribution in [2.24, 2.45) is 0 Å². The molecule has 0 atom stereocenters. The second-order valence-electron chi connectivity index (χ2n) is 14.4. The van der Waals surface area contributed by atoms with Gasteiger partial charge >= 0.3 is 0 Å². The first-order valence-electron chi connectivity index (χ1n) is 18.6. The second kappa shape index (κ2) is 11.0. The summed E-state index contributed by atoms with van der Waals surface area (Å²) in [4.78, 5) is 4.83. The Kier molecular flexibility index (Phi) is 5.98. The largest absolute Gasteiger partial charge is 0.455 e. The average molecular weight is 689 g/mol. The molecule has 0 aromatic heterocycles. The first kappa shape index (κ1) is 29.5. The molecule has 9 aromatic carbocycles. The number of rotatable bonds is 2. The smallest absolute Gasteiger partial charge is 0.140 e. The van der Waals surface area contributed by atoms with Crippen LogP contribution in [0.1, 0.15) is 22.3 Å². The number of hydrogen-bond acceptors (Lipinski definition) is 3. The van der Waals surface area contributed by atoms with E-state index in [0.29, 0.717) is 0 Å². The van der Waals surface area contributed by atoms with Crippen LogP contribution in [0, 0.1) is 0 Å². The molecule has 0 saturated heterocycles. The highest BCUT2D eigenvalue weighted by Gasteiger charge is 2.52. The number of ether oxygens (including phenoxy) is 1. The topological polar surface area (TPSA) is 15.7 Å². The van der Waals surface area contributed by atoms with Gasteiger partial charge in [0.1, 0.15) is 11.5 Å². The fourth-order valence-corrected chi connectivity index (χ4v) is 9.61. The van der Waals surface area contributed by atoms with Crippen LogP contribution in [0.15, 0.2) is 194 Å². The van der Waals surface area contributed by atoms with Crippen LogP contribution >= 0.6 is 0 Å². The van der Waals surface area contributed by atoms with E-state index >= 15 is 0 Å². The summed E-state index contributed by atoms with van der Waals surface area (Å²) in [6, 6.07) is 70.7. The van der Waals surface area contributed by atoms with Crippen LogP contribution in [-0.4, -0.2) is 0 Å². The van der Waals surface area contributed by atoms with Crippen molar-refractivity contribution in [2.45, 2.75) is 5.41 Å². The zero-order chi connectivity index (χ0) is 35.4. The average Bonchev–Trinajstić information content (AvgIpc) is 3.52. The van der Waals surface area contributed by atoms with E-state index in [0.717, 1.165) is 56.4 Å². The van der Waals surface area contributed by atoms with Gasteiger partial charge in [0.05, 0.1) is 28.2 Å². The maximum Gasteiger partial charge on any atom is 0.140 e. The molecule has 0 saturated carbocycles. The highest BCUT2D eigenvalue weighted by molar-refractivity contribution is 6.04. The molecule has 2 heterocycles. The molecular weight excluding hydrogens is 657 g/mol. The molecule has 54 heavy (non-hydrogen) atoms. The van der Waals surface area contributed by atoms with E-state index in [1.807, 2.05) is 0 Å². The molecule has 0 radical (unpaired) electrons. The zero-order valence-corrected chi connectivity index (χ0v) is 29.3. The van der Waals surface area contributed by atoms with Gasteiger partial charge in [-0.25, -0.2) is 0 Å². The van der Waals surface area contributed by atoms with Crippen molar-refractivity contribution >= 4 is 55.7 Å². The summed E-state index contributed by atoms with van der Waals surface area (Å²) in [5.74, 6) is 1.86. The number of para-hydroxylation sites is 5.